The zero-order chi connectivity index (χ0) is 14.5. The molecular formula is C16H21N3O. The SMILES string of the molecule is CCCNc1ncnc(Oc2ccc(C)cc2C)c1C. The molecule has 106 valence electrons. The number of aryl methyl sites for hydroxylation is 2. The van der Waals surface area contributed by atoms with Crippen LogP contribution in [0, 0.1) is 20.8 Å². The molecular weight excluding hydrogens is 250 g/mol. The van der Waals surface area contributed by atoms with Gasteiger partial charge in [-0.05, 0) is 38.8 Å². The predicted octanol–water partition coefficient (Wildman–Crippen LogP) is 4.02. The van der Waals surface area contributed by atoms with Gasteiger partial charge in [-0.25, -0.2) is 9.97 Å². The number of rotatable bonds is 5. The van der Waals surface area contributed by atoms with Crippen molar-refractivity contribution < 1.29 is 4.74 Å². The molecule has 0 aliphatic carbocycles. The van der Waals surface area contributed by atoms with Gasteiger partial charge in [0.15, 0.2) is 0 Å². The molecule has 1 N–H and O–H groups in total. The summed E-state index contributed by atoms with van der Waals surface area (Å²) < 4.78 is 5.92. The molecule has 0 aliphatic heterocycles. The monoisotopic (exact) mass is 271 g/mol. The molecule has 2 rings (SSSR count). The van der Waals surface area contributed by atoms with Gasteiger partial charge in [0.2, 0.25) is 5.88 Å². The van der Waals surface area contributed by atoms with Crippen molar-refractivity contribution in [3.05, 3.63) is 41.2 Å². The van der Waals surface area contributed by atoms with Crippen LogP contribution in [0.3, 0.4) is 0 Å². The van der Waals surface area contributed by atoms with Gasteiger partial charge < -0.3 is 10.1 Å². The van der Waals surface area contributed by atoms with Crippen molar-refractivity contribution in [2.24, 2.45) is 0 Å². The zero-order valence-corrected chi connectivity index (χ0v) is 12.5. The molecule has 0 amide bonds. The largest absolute Gasteiger partial charge is 0.438 e. The Bertz CT molecular complexity index is 596. The minimum atomic E-state index is 0.602. The lowest BCUT2D eigenvalue weighted by molar-refractivity contribution is 0.454. The lowest BCUT2D eigenvalue weighted by atomic mass is 10.1. The van der Waals surface area contributed by atoms with E-state index in [-0.39, 0.29) is 0 Å². The van der Waals surface area contributed by atoms with Crippen LogP contribution in [0.4, 0.5) is 5.82 Å². The fraction of sp³-hybridized carbons (Fsp3) is 0.375. The molecule has 0 unspecified atom stereocenters. The molecule has 4 heteroatoms. The van der Waals surface area contributed by atoms with Gasteiger partial charge in [-0.3, -0.25) is 0 Å². The van der Waals surface area contributed by atoms with Gasteiger partial charge in [0.05, 0.1) is 5.56 Å². The lowest BCUT2D eigenvalue weighted by Gasteiger charge is -2.13. The van der Waals surface area contributed by atoms with E-state index in [2.05, 4.69) is 35.2 Å². The van der Waals surface area contributed by atoms with E-state index in [9.17, 15) is 0 Å². The summed E-state index contributed by atoms with van der Waals surface area (Å²) >= 11 is 0. The molecule has 0 bridgehead atoms. The van der Waals surface area contributed by atoms with Crippen molar-refractivity contribution in [3.8, 4) is 11.6 Å². The average molecular weight is 271 g/mol. The maximum absolute atomic E-state index is 5.92. The number of hydrogen-bond donors (Lipinski definition) is 1. The van der Waals surface area contributed by atoms with E-state index in [0.717, 1.165) is 35.7 Å². The predicted molar refractivity (Wildman–Crippen MR) is 81.5 cm³/mol. The van der Waals surface area contributed by atoms with Crippen molar-refractivity contribution in [1.29, 1.82) is 0 Å². The summed E-state index contributed by atoms with van der Waals surface area (Å²) in [5.41, 5.74) is 3.26. The number of nitrogens with one attached hydrogen (secondary N) is 1. The second-order valence-electron chi connectivity index (χ2n) is 4.95. The third kappa shape index (κ3) is 3.26. The fourth-order valence-electron chi connectivity index (χ4n) is 1.98. The highest BCUT2D eigenvalue weighted by Gasteiger charge is 2.10. The van der Waals surface area contributed by atoms with E-state index in [4.69, 9.17) is 4.74 Å². The molecule has 1 aromatic heterocycles. The summed E-state index contributed by atoms with van der Waals surface area (Å²) in [5.74, 6) is 2.27. The first kappa shape index (κ1) is 14.3. The van der Waals surface area contributed by atoms with Crippen LogP contribution in [0.25, 0.3) is 0 Å². The molecule has 0 radical (unpaired) electrons. The van der Waals surface area contributed by atoms with Crippen molar-refractivity contribution in [2.45, 2.75) is 34.1 Å². The molecule has 1 heterocycles. The molecule has 0 fully saturated rings. The normalized spacial score (nSPS) is 10.4. The minimum absolute atomic E-state index is 0.602. The van der Waals surface area contributed by atoms with E-state index in [1.54, 1.807) is 0 Å². The molecule has 0 atom stereocenters. The molecule has 4 nitrogen and oxygen atoms in total. The standard InChI is InChI=1S/C16H21N3O/c1-5-8-17-15-13(4)16(19-10-18-15)20-14-7-6-11(2)9-12(14)3/h6-7,9-10H,5,8H2,1-4H3,(H,17,18,19). The summed E-state index contributed by atoms with van der Waals surface area (Å²) in [6.45, 7) is 9.09. The van der Waals surface area contributed by atoms with E-state index in [1.807, 2.05) is 26.0 Å². The Morgan fingerprint density at radius 3 is 2.65 bits per heavy atom. The van der Waals surface area contributed by atoms with E-state index >= 15 is 0 Å². The van der Waals surface area contributed by atoms with E-state index < -0.39 is 0 Å². The highest BCUT2D eigenvalue weighted by molar-refractivity contribution is 5.49. The zero-order valence-electron chi connectivity index (χ0n) is 12.5. The minimum Gasteiger partial charge on any atom is -0.438 e. The van der Waals surface area contributed by atoms with Crippen LogP contribution in [-0.4, -0.2) is 16.5 Å². The van der Waals surface area contributed by atoms with Crippen LogP contribution in [0.2, 0.25) is 0 Å². The van der Waals surface area contributed by atoms with Gasteiger partial charge in [-0.2, -0.15) is 0 Å². The van der Waals surface area contributed by atoms with E-state index in [0.29, 0.717) is 5.88 Å². The third-order valence-corrected chi connectivity index (χ3v) is 3.12. The number of nitrogens with zero attached hydrogens (tertiary/aromatic N) is 2. The van der Waals surface area contributed by atoms with Gasteiger partial charge in [0.25, 0.3) is 0 Å². The lowest BCUT2D eigenvalue weighted by Crippen LogP contribution is -2.05. The van der Waals surface area contributed by atoms with Crippen LogP contribution in [0.1, 0.15) is 30.0 Å². The smallest absolute Gasteiger partial charge is 0.227 e. The molecule has 0 aliphatic rings. The number of hydrogen-bond acceptors (Lipinski definition) is 4. The Hall–Kier alpha value is -2.10. The quantitative estimate of drug-likeness (QED) is 0.892. The molecule has 0 saturated heterocycles. The Kier molecular flexibility index (Phi) is 4.56. The Morgan fingerprint density at radius 1 is 1.15 bits per heavy atom. The van der Waals surface area contributed by atoms with Gasteiger partial charge in [-0.1, -0.05) is 24.6 Å². The van der Waals surface area contributed by atoms with Gasteiger partial charge in [0, 0.05) is 6.54 Å². The maximum atomic E-state index is 5.92. The summed E-state index contributed by atoms with van der Waals surface area (Å²) in [6.07, 6.45) is 2.58. The number of benzene rings is 1. The van der Waals surface area contributed by atoms with Crippen LogP contribution in [0.5, 0.6) is 11.6 Å². The average Bonchev–Trinajstić information content (AvgIpc) is 2.42. The Balaban J connectivity index is 2.24. The van der Waals surface area contributed by atoms with Crippen LogP contribution in [0.15, 0.2) is 24.5 Å². The molecule has 2 aromatic rings. The second-order valence-corrected chi connectivity index (χ2v) is 4.95. The van der Waals surface area contributed by atoms with Crippen LogP contribution in [-0.2, 0) is 0 Å². The van der Waals surface area contributed by atoms with Crippen molar-refractivity contribution in [1.82, 2.24) is 9.97 Å². The molecule has 0 saturated carbocycles. The van der Waals surface area contributed by atoms with Gasteiger partial charge in [0.1, 0.15) is 17.9 Å². The van der Waals surface area contributed by atoms with Crippen molar-refractivity contribution in [3.63, 3.8) is 0 Å². The van der Waals surface area contributed by atoms with Crippen LogP contribution >= 0.6 is 0 Å². The third-order valence-electron chi connectivity index (χ3n) is 3.12. The first-order valence-electron chi connectivity index (χ1n) is 6.92. The summed E-state index contributed by atoms with van der Waals surface area (Å²) in [7, 11) is 0. The Morgan fingerprint density at radius 2 is 1.95 bits per heavy atom. The van der Waals surface area contributed by atoms with E-state index in [1.165, 1.54) is 11.9 Å². The summed E-state index contributed by atoms with van der Waals surface area (Å²) in [6, 6.07) is 6.11. The molecule has 1 aromatic carbocycles. The van der Waals surface area contributed by atoms with Crippen molar-refractivity contribution in [2.75, 3.05) is 11.9 Å². The second kappa shape index (κ2) is 6.37. The van der Waals surface area contributed by atoms with Crippen LogP contribution < -0.4 is 10.1 Å². The highest BCUT2D eigenvalue weighted by Crippen LogP contribution is 2.28. The van der Waals surface area contributed by atoms with Crippen molar-refractivity contribution >= 4 is 5.82 Å². The number of aromatic nitrogens is 2. The number of ether oxygens (including phenoxy) is 1. The topological polar surface area (TPSA) is 47.0 Å². The maximum Gasteiger partial charge on any atom is 0.227 e. The summed E-state index contributed by atoms with van der Waals surface area (Å²) in [4.78, 5) is 8.48. The first-order valence-corrected chi connectivity index (χ1v) is 6.92. The fourth-order valence-corrected chi connectivity index (χ4v) is 1.98. The van der Waals surface area contributed by atoms with Gasteiger partial charge >= 0.3 is 0 Å². The molecule has 20 heavy (non-hydrogen) atoms. The first-order chi connectivity index (χ1) is 9.61. The van der Waals surface area contributed by atoms with Gasteiger partial charge in [-0.15, -0.1) is 0 Å². The highest BCUT2D eigenvalue weighted by atomic mass is 16.5. The number of anilines is 1. The molecule has 0 spiro atoms. The summed E-state index contributed by atoms with van der Waals surface area (Å²) in [5, 5.41) is 3.28. The Labute approximate surface area is 120 Å².